The molecule has 2 rings (SSSR count). The Labute approximate surface area is 108 Å². The number of nitrogens with zero attached hydrogens (tertiary/aromatic N) is 1. The van der Waals surface area contributed by atoms with Crippen LogP contribution in [-0.2, 0) is 16.1 Å². The van der Waals surface area contributed by atoms with Gasteiger partial charge in [-0.3, -0.25) is 4.79 Å². The summed E-state index contributed by atoms with van der Waals surface area (Å²) in [6.45, 7) is 2.35. The number of amides is 1. The third kappa shape index (κ3) is 3.31. The zero-order valence-electron chi connectivity index (χ0n) is 10.5. The second kappa shape index (κ2) is 6.52. The van der Waals surface area contributed by atoms with E-state index in [9.17, 15) is 4.79 Å². The van der Waals surface area contributed by atoms with E-state index in [2.05, 4.69) is 0 Å². The molecule has 4 heteroatoms. The van der Waals surface area contributed by atoms with Gasteiger partial charge in [-0.25, -0.2) is 0 Å². The van der Waals surface area contributed by atoms with Crippen molar-refractivity contribution in [1.29, 1.82) is 0 Å². The van der Waals surface area contributed by atoms with Crippen molar-refractivity contribution in [3.8, 4) is 0 Å². The highest BCUT2D eigenvalue weighted by Gasteiger charge is 2.27. The van der Waals surface area contributed by atoms with Crippen LogP contribution in [-0.4, -0.2) is 36.6 Å². The van der Waals surface area contributed by atoms with Crippen LogP contribution < -0.4 is 5.73 Å². The van der Waals surface area contributed by atoms with E-state index in [0.717, 1.165) is 18.4 Å². The van der Waals surface area contributed by atoms with Gasteiger partial charge in [0.1, 0.15) is 6.10 Å². The standard InChI is InChI=1S/C14H20N2O2/c15-8-9-16(11-12-5-2-1-3-6-12)14(17)13-7-4-10-18-13/h1-3,5-6,13H,4,7-11,15H2/t13-/m1/s1. The lowest BCUT2D eigenvalue weighted by molar-refractivity contribution is -0.141. The third-order valence-corrected chi connectivity index (χ3v) is 3.13. The molecule has 1 atom stereocenters. The molecular weight excluding hydrogens is 228 g/mol. The molecule has 1 aromatic rings. The summed E-state index contributed by atoms with van der Waals surface area (Å²) in [6.07, 6.45) is 1.53. The maximum absolute atomic E-state index is 12.3. The van der Waals surface area contributed by atoms with E-state index in [1.54, 1.807) is 4.90 Å². The summed E-state index contributed by atoms with van der Waals surface area (Å²) in [6, 6.07) is 9.97. The number of nitrogens with two attached hydrogens (primary N) is 1. The lowest BCUT2D eigenvalue weighted by Crippen LogP contribution is -2.41. The van der Waals surface area contributed by atoms with Gasteiger partial charge >= 0.3 is 0 Å². The Hall–Kier alpha value is -1.39. The second-order valence-corrected chi connectivity index (χ2v) is 4.54. The Bertz CT molecular complexity index is 375. The number of carbonyl (C=O) groups is 1. The van der Waals surface area contributed by atoms with Gasteiger partial charge in [0.15, 0.2) is 0 Å². The third-order valence-electron chi connectivity index (χ3n) is 3.13. The lowest BCUT2D eigenvalue weighted by atomic mass is 10.1. The second-order valence-electron chi connectivity index (χ2n) is 4.54. The smallest absolute Gasteiger partial charge is 0.252 e. The molecule has 0 saturated carbocycles. The van der Waals surface area contributed by atoms with Crippen LogP contribution in [0.15, 0.2) is 30.3 Å². The van der Waals surface area contributed by atoms with Gasteiger partial charge < -0.3 is 15.4 Å². The Kier molecular flexibility index (Phi) is 4.73. The maximum atomic E-state index is 12.3. The maximum Gasteiger partial charge on any atom is 0.252 e. The molecule has 0 radical (unpaired) electrons. The normalized spacial score (nSPS) is 18.8. The molecule has 0 unspecified atom stereocenters. The summed E-state index contributed by atoms with van der Waals surface area (Å²) in [5, 5.41) is 0. The lowest BCUT2D eigenvalue weighted by Gasteiger charge is -2.24. The van der Waals surface area contributed by atoms with Crippen molar-refractivity contribution in [2.24, 2.45) is 5.73 Å². The van der Waals surface area contributed by atoms with E-state index < -0.39 is 0 Å². The molecule has 1 heterocycles. The number of rotatable bonds is 5. The van der Waals surface area contributed by atoms with Crippen LogP contribution >= 0.6 is 0 Å². The van der Waals surface area contributed by atoms with Crippen LogP contribution in [0, 0.1) is 0 Å². The highest BCUT2D eigenvalue weighted by atomic mass is 16.5. The SMILES string of the molecule is NCCN(Cc1ccccc1)C(=O)[C@H]1CCCO1. The minimum atomic E-state index is -0.264. The van der Waals surface area contributed by atoms with Crippen LogP contribution in [0.2, 0.25) is 0 Å². The molecule has 1 fully saturated rings. The largest absolute Gasteiger partial charge is 0.368 e. The van der Waals surface area contributed by atoms with E-state index in [0.29, 0.717) is 26.2 Å². The van der Waals surface area contributed by atoms with E-state index in [-0.39, 0.29) is 12.0 Å². The molecular formula is C14H20N2O2. The average Bonchev–Trinajstić information content (AvgIpc) is 2.92. The first-order valence-corrected chi connectivity index (χ1v) is 6.45. The summed E-state index contributed by atoms with van der Waals surface area (Å²) >= 11 is 0. The van der Waals surface area contributed by atoms with Crippen molar-refractivity contribution in [2.45, 2.75) is 25.5 Å². The van der Waals surface area contributed by atoms with Gasteiger partial charge in [0.2, 0.25) is 0 Å². The van der Waals surface area contributed by atoms with Crippen LogP contribution in [0.25, 0.3) is 0 Å². The molecule has 2 N–H and O–H groups in total. The molecule has 0 spiro atoms. The quantitative estimate of drug-likeness (QED) is 0.850. The van der Waals surface area contributed by atoms with Crippen molar-refractivity contribution in [1.82, 2.24) is 4.90 Å². The highest BCUT2D eigenvalue weighted by molar-refractivity contribution is 5.81. The molecule has 1 aromatic carbocycles. The summed E-state index contributed by atoms with van der Waals surface area (Å²) in [7, 11) is 0. The molecule has 18 heavy (non-hydrogen) atoms. The van der Waals surface area contributed by atoms with Crippen molar-refractivity contribution in [2.75, 3.05) is 19.7 Å². The minimum absolute atomic E-state index is 0.0711. The molecule has 1 amide bonds. The van der Waals surface area contributed by atoms with Crippen molar-refractivity contribution in [3.05, 3.63) is 35.9 Å². The fraction of sp³-hybridized carbons (Fsp3) is 0.500. The molecule has 0 aromatic heterocycles. The molecule has 98 valence electrons. The van der Waals surface area contributed by atoms with Gasteiger partial charge in [-0.15, -0.1) is 0 Å². The van der Waals surface area contributed by atoms with Gasteiger partial charge in [-0.2, -0.15) is 0 Å². The van der Waals surface area contributed by atoms with Gasteiger partial charge in [-0.05, 0) is 18.4 Å². The Morgan fingerprint density at radius 2 is 2.17 bits per heavy atom. The van der Waals surface area contributed by atoms with Crippen molar-refractivity contribution >= 4 is 5.91 Å². The van der Waals surface area contributed by atoms with Crippen molar-refractivity contribution in [3.63, 3.8) is 0 Å². The summed E-state index contributed by atoms with van der Waals surface area (Å²) < 4.78 is 5.45. The van der Waals surface area contributed by atoms with E-state index in [4.69, 9.17) is 10.5 Å². The van der Waals surface area contributed by atoms with Gasteiger partial charge in [-0.1, -0.05) is 30.3 Å². The summed E-state index contributed by atoms with van der Waals surface area (Å²) in [5.41, 5.74) is 6.71. The fourth-order valence-electron chi connectivity index (χ4n) is 2.20. The number of carbonyl (C=O) groups excluding carboxylic acids is 1. The van der Waals surface area contributed by atoms with Crippen LogP contribution in [0.3, 0.4) is 0 Å². The zero-order chi connectivity index (χ0) is 12.8. The van der Waals surface area contributed by atoms with E-state index >= 15 is 0 Å². The van der Waals surface area contributed by atoms with E-state index in [1.165, 1.54) is 0 Å². The average molecular weight is 248 g/mol. The van der Waals surface area contributed by atoms with Crippen molar-refractivity contribution < 1.29 is 9.53 Å². The monoisotopic (exact) mass is 248 g/mol. The van der Waals surface area contributed by atoms with Crippen LogP contribution in [0.4, 0.5) is 0 Å². The molecule has 1 aliphatic rings. The molecule has 4 nitrogen and oxygen atoms in total. The Morgan fingerprint density at radius 3 is 2.78 bits per heavy atom. The number of benzene rings is 1. The number of hydrogen-bond donors (Lipinski definition) is 1. The van der Waals surface area contributed by atoms with E-state index in [1.807, 2.05) is 30.3 Å². The molecule has 0 bridgehead atoms. The predicted molar refractivity (Wildman–Crippen MR) is 69.9 cm³/mol. The highest BCUT2D eigenvalue weighted by Crippen LogP contribution is 2.16. The first-order valence-electron chi connectivity index (χ1n) is 6.45. The summed E-state index contributed by atoms with van der Waals surface area (Å²) in [4.78, 5) is 14.1. The molecule has 1 aliphatic heterocycles. The van der Waals surface area contributed by atoms with Gasteiger partial charge in [0.05, 0.1) is 0 Å². The minimum Gasteiger partial charge on any atom is -0.368 e. The molecule has 1 saturated heterocycles. The fourth-order valence-corrected chi connectivity index (χ4v) is 2.20. The van der Waals surface area contributed by atoms with Crippen LogP contribution in [0.1, 0.15) is 18.4 Å². The molecule has 0 aliphatic carbocycles. The summed E-state index contributed by atoms with van der Waals surface area (Å²) in [5.74, 6) is 0.0711. The predicted octanol–water partition coefficient (Wildman–Crippen LogP) is 1.15. The van der Waals surface area contributed by atoms with Gasteiger partial charge in [0.25, 0.3) is 5.91 Å². The van der Waals surface area contributed by atoms with Gasteiger partial charge in [0, 0.05) is 26.2 Å². The van der Waals surface area contributed by atoms with Crippen LogP contribution in [0.5, 0.6) is 0 Å². The first-order chi connectivity index (χ1) is 8.81. The first kappa shape index (κ1) is 13.1. The zero-order valence-corrected chi connectivity index (χ0v) is 10.5. The Morgan fingerprint density at radius 1 is 1.39 bits per heavy atom. The topological polar surface area (TPSA) is 55.6 Å². The number of hydrogen-bond acceptors (Lipinski definition) is 3. The number of ether oxygens (including phenoxy) is 1. The Balaban J connectivity index is 2.00.